The number of nitrogens with one attached hydrogen (secondary N) is 2. The molecule has 0 amide bonds. The van der Waals surface area contributed by atoms with Crippen LogP contribution < -0.4 is 16.2 Å². The summed E-state index contributed by atoms with van der Waals surface area (Å²) in [7, 11) is 0. The predicted molar refractivity (Wildman–Crippen MR) is 128 cm³/mol. The number of aryl methyl sites for hydroxylation is 1. The Balaban J connectivity index is 1.61. The molecule has 0 saturated carbocycles. The normalized spacial score (nSPS) is 15.2. The molecule has 0 saturated heterocycles. The van der Waals surface area contributed by atoms with Crippen molar-refractivity contribution in [3.63, 3.8) is 0 Å². The lowest BCUT2D eigenvalue weighted by atomic mass is 9.85. The molecule has 0 bridgehead atoms. The molecule has 0 spiro atoms. The number of halogens is 4. The molecular formula is C25H24F4N6O. The SMILES string of the molecule is Cc1cc(-n2c3nc(Nc4ccc5c(c4)CCNC5(C)C)ncc3c(=O)n2CC(F)(F)F)ccc1F. The third-order valence-corrected chi connectivity index (χ3v) is 6.39. The van der Waals surface area contributed by atoms with Gasteiger partial charge in [0.25, 0.3) is 5.56 Å². The minimum atomic E-state index is -4.66. The van der Waals surface area contributed by atoms with Gasteiger partial charge in [0.2, 0.25) is 5.95 Å². The molecule has 0 aliphatic carbocycles. The maximum Gasteiger partial charge on any atom is 0.408 e. The van der Waals surface area contributed by atoms with Crippen LogP contribution in [0.15, 0.2) is 47.4 Å². The molecule has 2 N–H and O–H groups in total. The first-order chi connectivity index (χ1) is 16.9. The van der Waals surface area contributed by atoms with Gasteiger partial charge < -0.3 is 10.6 Å². The number of hydrogen-bond donors (Lipinski definition) is 2. The van der Waals surface area contributed by atoms with E-state index in [4.69, 9.17) is 0 Å². The smallest absolute Gasteiger partial charge is 0.324 e. The van der Waals surface area contributed by atoms with Gasteiger partial charge >= 0.3 is 6.18 Å². The van der Waals surface area contributed by atoms with Gasteiger partial charge in [-0.3, -0.25) is 4.79 Å². The Morgan fingerprint density at radius 1 is 1.17 bits per heavy atom. The van der Waals surface area contributed by atoms with Crippen molar-refractivity contribution in [2.24, 2.45) is 0 Å². The molecule has 5 rings (SSSR count). The summed E-state index contributed by atoms with van der Waals surface area (Å²) in [5, 5.41) is 6.49. The number of benzene rings is 2. The average Bonchev–Trinajstić information content (AvgIpc) is 3.05. The molecule has 7 nitrogen and oxygen atoms in total. The molecule has 3 heterocycles. The molecule has 36 heavy (non-hydrogen) atoms. The van der Waals surface area contributed by atoms with Crippen molar-refractivity contribution in [1.82, 2.24) is 24.6 Å². The molecule has 0 unspecified atom stereocenters. The number of fused-ring (bicyclic) bond motifs is 2. The van der Waals surface area contributed by atoms with Crippen LogP contribution in [0.4, 0.5) is 29.2 Å². The van der Waals surface area contributed by atoms with E-state index in [2.05, 4.69) is 34.4 Å². The Hall–Kier alpha value is -3.73. The fraction of sp³-hybridized carbons (Fsp3) is 0.320. The summed E-state index contributed by atoms with van der Waals surface area (Å²) in [6.07, 6.45) is -2.61. The molecule has 4 aromatic rings. The molecule has 0 fully saturated rings. The minimum absolute atomic E-state index is 0.0175. The van der Waals surface area contributed by atoms with E-state index in [1.807, 2.05) is 18.2 Å². The molecule has 2 aromatic heterocycles. The second-order valence-corrected chi connectivity index (χ2v) is 9.45. The highest BCUT2D eigenvalue weighted by Gasteiger charge is 2.32. The maximum absolute atomic E-state index is 13.9. The van der Waals surface area contributed by atoms with Gasteiger partial charge in [0.15, 0.2) is 5.65 Å². The van der Waals surface area contributed by atoms with Gasteiger partial charge in [0.1, 0.15) is 17.7 Å². The van der Waals surface area contributed by atoms with Crippen LogP contribution in [0.3, 0.4) is 0 Å². The second-order valence-electron chi connectivity index (χ2n) is 9.45. The summed E-state index contributed by atoms with van der Waals surface area (Å²) in [4.78, 5) is 21.5. The fourth-order valence-electron chi connectivity index (χ4n) is 4.65. The van der Waals surface area contributed by atoms with Gasteiger partial charge in [0, 0.05) is 17.4 Å². The van der Waals surface area contributed by atoms with Crippen LogP contribution in [-0.2, 0) is 18.5 Å². The molecular weight excluding hydrogens is 476 g/mol. The van der Waals surface area contributed by atoms with Crippen molar-refractivity contribution < 1.29 is 17.6 Å². The van der Waals surface area contributed by atoms with Crippen molar-refractivity contribution in [2.45, 2.75) is 45.5 Å². The molecule has 0 radical (unpaired) electrons. The van der Waals surface area contributed by atoms with Crippen LogP contribution >= 0.6 is 0 Å². The zero-order valence-electron chi connectivity index (χ0n) is 19.9. The molecule has 1 aliphatic rings. The van der Waals surface area contributed by atoms with Gasteiger partial charge in [-0.15, -0.1) is 0 Å². The maximum atomic E-state index is 13.9. The van der Waals surface area contributed by atoms with Crippen molar-refractivity contribution in [1.29, 1.82) is 0 Å². The highest BCUT2D eigenvalue weighted by atomic mass is 19.4. The molecule has 11 heteroatoms. The number of alkyl halides is 3. The highest BCUT2D eigenvalue weighted by molar-refractivity contribution is 5.77. The van der Waals surface area contributed by atoms with Crippen molar-refractivity contribution in [2.75, 3.05) is 11.9 Å². The second kappa shape index (κ2) is 8.44. The summed E-state index contributed by atoms with van der Waals surface area (Å²) >= 11 is 0. The van der Waals surface area contributed by atoms with E-state index in [9.17, 15) is 22.4 Å². The van der Waals surface area contributed by atoms with E-state index in [0.29, 0.717) is 10.4 Å². The largest absolute Gasteiger partial charge is 0.408 e. The minimum Gasteiger partial charge on any atom is -0.324 e. The lowest BCUT2D eigenvalue weighted by molar-refractivity contribution is -0.144. The Kier molecular flexibility index (Phi) is 5.62. The number of rotatable bonds is 4. The zero-order chi connectivity index (χ0) is 25.8. The van der Waals surface area contributed by atoms with Crippen LogP contribution in [0, 0.1) is 12.7 Å². The quantitative estimate of drug-likeness (QED) is 0.397. The number of aromatic nitrogens is 4. The van der Waals surface area contributed by atoms with Gasteiger partial charge in [0.05, 0.1) is 5.69 Å². The summed E-state index contributed by atoms with van der Waals surface area (Å²) in [6.45, 7) is 5.01. The van der Waals surface area contributed by atoms with Crippen LogP contribution in [0.25, 0.3) is 16.7 Å². The fourth-order valence-corrected chi connectivity index (χ4v) is 4.65. The Bertz CT molecular complexity index is 1540. The Morgan fingerprint density at radius 3 is 2.67 bits per heavy atom. The molecule has 1 aliphatic heterocycles. The third-order valence-electron chi connectivity index (χ3n) is 6.39. The molecule has 2 aromatic carbocycles. The van der Waals surface area contributed by atoms with E-state index < -0.39 is 24.1 Å². The zero-order valence-corrected chi connectivity index (χ0v) is 19.9. The van der Waals surface area contributed by atoms with Gasteiger partial charge in [-0.25, -0.2) is 18.7 Å². The van der Waals surface area contributed by atoms with Crippen molar-refractivity contribution >= 4 is 22.7 Å². The van der Waals surface area contributed by atoms with Crippen molar-refractivity contribution in [3.05, 3.63) is 75.5 Å². The topological polar surface area (TPSA) is 76.8 Å². The number of anilines is 2. The summed E-state index contributed by atoms with van der Waals surface area (Å²) < 4.78 is 55.6. The van der Waals surface area contributed by atoms with E-state index in [0.717, 1.165) is 23.7 Å². The number of hydrogen-bond acceptors (Lipinski definition) is 5. The lowest BCUT2D eigenvalue weighted by Crippen LogP contribution is -2.42. The average molecular weight is 501 g/mol. The van der Waals surface area contributed by atoms with E-state index in [-0.39, 0.29) is 33.8 Å². The standard InChI is InChI=1S/C25H24F4N6O/c1-14-10-17(5-7-20(14)26)35-21-18(22(36)34(35)13-25(27,28)29)12-30-23(33-21)32-16-4-6-19-15(11-16)8-9-31-24(19,2)3/h4-7,10-12,31H,8-9,13H2,1-3H3,(H,30,32,33). The van der Waals surface area contributed by atoms with E-state index in [1.165, 1.54) is 36.4 Å². The van der Waals surface area contributed by atoms with Crippen LogP contribution in [-0.4, -0.2) is 32.1 Å². The monoisotopic (exact) mass is 500 g/mol. The van der Waals surface area contributed by atoms with Crippen LogP contribution in [0.2, 0.25) is 0 Å². The Labute approximate surface area is 203 Å². The van der Waals surface area contributed by atoms with Gasteiger partial charge in [-0.2, -0.15) is 18.2 Å². The van der Waals surface area contributed by atoms with Gasteiger partial charge in [-0.1, -0.05) is 6.07 Å². The summed E-state index contributed by atoms with van der Waals surface area (Å²) in [6, 6.07) is 9.71. The van der Waals surface area contributed by atoms with E-state index >= 15 is 0 Å². The first-order valence-corrected chi connectivity index (χ1v) is 11.4. The van der Waals surface area contributed by atoms with Crippen LogP contribution in [0.1, 0.15) is 30.5 Å². The highest BCUT2D eigenvalue weighted by Crippen LogP contribution is 2.31. The summed E-state index contributed by atoms with van der Waals surface area (Å²) in [5.41, 5.74) is 2.40. The molecule has 188 valence electrons. The Morgan fingerprint density at radius 2 is 1.94 bits per heavy atom. The first-order valence-electron chi connectivity index (χ1n) is 11.4. The number of nitrogens with zero attached hydrogens (tertiary/aromatic N) is 4. The van der Waals surface area contributed by atoms with Crippen LogP contribution in [0.5, 0.6) is 0 Å². The third kappa shape index (κ3) is 4.34. The molecule has 0 atom stereocenters. The van der Waals surface area contributed by atoms with E-state index in [1.54, 1.807) is 0 Å². The lowest BCUT2D eigenvalue weighted by Gasteiger charge is -2.34. The van der Waals surface area contributed by atoms with Gasteiger partial charge in [-0.05, 0) is 80.8 Å². The predicted octanol–water partition coefficient (Wildman–Crippen LogP) is 4.72. The first kappa shape index (κ1) is 24.0. The summed E-state index contributed by atoms with van der Waals surface area (Å²) in [5.74, 6) is -0.393. The van der Waals surface area contributed by atoms with Crippen molar-refractivity contribution in [3.8, 4) is 5.69 Å².